The van der Waals surface area contributed by atoms with E-state index in [1.165, 1.54) is 18.0 Å². The first kappa shape index (κ1) is 23.3. The van der Waals surface area contributed by atoms with E-state index < -0.39 is 17.5 Å². The molecule has 190 valence electrons. The highest BCUT2D eigenvalue weighted by Gasteiger charge is 2.44. The summed E-state index contributed by atoms with van der Waals surface area (Å²) in [6.45, 7) is 0. The van der Waals surface area contributed by atoms with Gasteiger partial charge in [-0.15, -0.1) is 5.10 Å². The number of para-hydroxylation sites is 1. The summed E-state index contributed by atoms with van der Waals surface area (Å²) in [6.07, 6.45) is 6.02. The van der Waals surface area contributed by atoms with Crippen molar-refractivity contribution in [2.45, 2.75) is 37.8 Å². The predicted molar refractivity (Wildman–Crippen MR) is 127 cm³/mol. The second kappa shape index (κ2) is 8.75. The Morgan fingerprint density at radius 2 is 1.92 bits per heavy atom. The summed E-state index contributed by atoms with van der Waals surface area (Å²) in [5.74, 6) is -3.71. The van der Waals surface area contributed by atoms with Crippen molar-refractivity contribution >= 4 is 5.91 Å². The Hall–Kier alpha value is -4.15. The fourth-order valence-corrected chi connectivity index (χ4v) is 5.76. The first-order chi connectivity index (χ1) is 17.9. The molecule has 1 saturated heterocycles. The van der Waals surface area contributed by atoms with Gasteiger partial charge in [0.25, 0.3) is 5.91 Å². The molecule has 11 heteroatoms. The minimum atomic E-state index is -1.50. The third-order valence-electron chi connectivity index (χ3n) is 7.27. The molecule has 1 fully saturated rings. The molecule has 2 aliphatic rings. The smallest absolute Gasteiger partial charge is 0.257 e. The summed E-state index contributed by atoms with van der Waals surface area (Å²) in [5, 5.41) is 12.6. The van der Waals surface area contributed by atoms with Crippen molar-refractivity contribution in [2.75, 3.05) is 7.11 Å². The molecule has 8 nitrogen and oxygen atoms in total. The molecule has 1 amide bonds. The molecule has 37 heavy (non-hydrogen) atoms. The van der Waals surface area contributed by atoms with Gasteiger partial charge in [0.05, 0.1) is 42.5 Å². The highest BCUT2D eigenvalue weighted by Crippen LogP contribution is 2.45. The summed E-state index contributed by atoms with van der Waals surface area (Å²) in [7, 11) is 3.22. The number of fused-ring (bicyclic) bond motifs is 4. The van der Waals surface area contributed by atoms with Gasteiger partial charge in [0.15, 0.2) is 17.5 Å². The number of nitrogens with zero attached hydrogens (tertiary/aromatic N) is 6. The van der Waals surface area contributed by atoms with E-state index in [2.05, 4.69) is 10.3 Å². The van der Waals surface area contributed by atoms with E-state index in [-0.39, 0.29) is 23.6 Å². The molecule has 2 atom stereocenters. The van der Waals surface area contributed by atoms with E-state index in [1.54, 1.807) is 36.1 Å². The van der Waals surface area contributed by atoms with Gasteiger partial charge >= 0.3 is 0 Å². The highest BCUT2D eigenvalue weighted by atomic mass is 19.2. The van der Waals surface area contributed by atoms with Crippen LogP contribution in [0.4, 0.5) is 13.2 Å². The van der Waals surface area contributed by atoms with Gasteiger partial charge < -0.3 is 9.64 Å². The lowest BCUT2D eigenvalue weighted by molar-refractivity contribution is 0.0391. The van der Waals surface area contributed by atoms with E-state index in [4.69, 9.17) is 9.84 Å². The van der Waals surface area contributed by atoms with E-state index in [0.29, 0.717) is 41.2 Å². The number of carbonyl (C=O) groups excluding carboxylic acids is 1. The Morgan fingerprint density at radius 3 is 2.62 bits per heavy atom. The SMILES string of the molecule is COc1cccc(C(=O)N2[C@H]3CCC[C@@H]2c2nn(C)c(-c4cc(F)c(F)c(F)c4)c2C3)c1-n1ccnn1. The number of aryl methyl sites for hydroxylation is 1. The number of rotatable bonds is 4. The molecular formula is C26H23F3N6O2. The van der Waals surface area contributed by atoms with Crippen LogP contribution in [-0.4, -0.2) is 48.7 Å². The van der Waals surface area contributed by atoms with Gasteiger partial charge in [0.1, 0.15) is 11.4 Å². The molecule has 2 aromatic carbocycles. The lowest BCUT2D eigenvalue weighted by Gasteiger charge is -2.45. The fraction of sp³-hybridized carbons (Fsp3) is 0.308. The predicted octanol–water partition coefficient (Wildman–Crippen LogP) is 4.39. The van der Waals surface area contributed by atoms with Gasteiger partial charge in [-0.1, -0.05) is 11.3 Å². The van der Waals surface area contributed by atoms with Crippen molar-refractivity contribution in [2.24, 2.45) is 7.05 Å². The molecule has 0 radical (unpaired) electrons. The van der Waals surface area contributed by atoms with Crippen molar-refractivity contribution in [3.05, 3.63) is 77.0 Å². The summed E-state index contributed by atoms with van der Waals surface area (Å²) >= 11 is 0. The van der Waals surface area contributed by atoms with Crippen LogP contribution >= 0.6 is 0 Å². The molecule has 0 unspecified atom stereocenters. The number of benzene rings is 2. The lowest BCUT2D eigenvalue weighted by atomic mass is 9.81. The average Bonchev–Trinajstić information content (AvgIpc) is 3.53. The summed E-state index contributed by atoms with van der Waals surface area (Å²) in [6, 6.07) is 6.77. The van der Waals surface area contributed by atoms with Crippen LogP contribution in [-0.2, 0) is 13.5 Å². The number of carbonyl (C=O) groups is 1. The third-order valence-corrected chi connectivity index (χ3v) is 7.27. The minimum Gasteiger partial charge on any atom is -0.494 e. The molecule has 6 rings (SSSR count). The van der Waals surface area contributed by atoms with Crippen molar-refractivity contribution in [3.63, 3.8) is 0 Å². The fourth-order valence-electron chi connectivity index (χ4n) is 5.76. The highest BCUT2D eigenvalue weighted by molar-refractivity contribution is 5.99. The quantitative estimate of drug-likeness (QED) is 0.382. The van der Waals surface area contributed by atoms with Crippen LogP contribution in [0.2, 0.25) is 0 Å². The maximum Gasteiger partial charge on any atom is 0.257 e. The standard InChI is InChI=1S/C26H23F3N6O2/c1-33-24(14-11-18(27)22(29)19(28)12-14)17-13-15-5-3-7-20(23(17)31-33)35(15)26(36)16-6-4-8-21(37-2)25(16)34-10-9-30-32-34/h4,6,8-12,15,20H,3,5,7,13H2,1-2H3/t15-,20+/m0/s1. The number of hydrogen-bond acceptors (Lipinski definition) is 5. The molecule has 4 heterocycles. The van der Waals surface area contributed by atoms with Gasteiger partial charge in [-0.3, -0.25) is 9.48 Å². The molecule has 0 N–H and O–H groups in total. The number of methoxy groups -OCH3 is 1. The normalized spacial score (nSPS) is 18.6. The Bertz CT molecular complexity index is 1490. The average molecular weight is 509 g/mol. The van der Waals surface area contributed by atoms with E-state index in [0.717, 1.165) is 30.5 Å². The first-order valence-electron chi connectivity index (χ1n) is 12.0. The molecule has 2 aromatic heterocycles. The van der Waals surface area contributed by atoms with Gasteiger partial charge in [-0.25, -0.2) is 17.9 Å². The van der Waals surface area contributed by atoms with E-state index >= 15 is 0 Å². The molecule has 0 aliphatic carbocycles. The lowest BCUT2D eigenvalue weighted by Crippen LogP contribution is -2.50. The molecule has 0 spiro atoms. The van der Waals surface area contributed by atoms with E-state index in [9.17, 15) is 18.0 Å². The number of ether oxygens (including phenoxy) is 1. The van der Waals surface area contributed by atoms with Crippen molar-refractivity contribution in [3.8, 4) is 22.7 Å². The first-order valence-corrected chi connectivity index (χ1v) is 12.0. The van der Waals surface area contributed by atoms with Gasteiger partial charge in [-0.05, 0) is 49.9 Å². The monoisotopic (exact) mass is 508 g/mol. The molecule has 0 saturated carbocycles. The largest absolute Gasteiger partial charge is 0.494 e. The summed E-state index contributed by atoms with van der Waals surface area (Å²) < 4.78 is 50.4. The molecule has 2 aliphatic heterocycles. The molecular weight excluding hydrogens is 485 g/mol. The maximum atomic E-state index is 14.1. The van der Waals surface area contributed by atoms with Crippen LogP contribution in [0.3, 0.4) is 0 Å². The number of piperidine rings is 1. The maximum absolute atomic E-state index is 14.1. The number of aromatic nitrogens is 5. The Kier molecular flexibility index (Phi) is 5.50. The van der Waals surface area contributed by atoms with Crippen molar-refractivity contribution in [1.29, 1.82) is 0 Å². The number of amides is 1. The van der Waals surface area contributed by atoms with Crippen molar-refractivity contribution < 1.29 is 22.7 Å². The zero-order valence-electron chi connectivity index (χ0n) is 20.2. The summed E-state index contributed by atoms with van der Waals surface area (Å²) in [5.41, 5.74) is 3.18. The topological polar surface area (TPSA) is 78.1 Å². The Balaban J connectivity index is 1.45. The zero-order chi connectivity index (χ0) is 25.8. The van der Waals surface area contributed by atoms with Crippen molar-refractivity contribution in [1.82, 2.24) is 29.7 Å². The van der Waals surface area contributed by atoms with Crippen LogP contribution in [0.1, 0.15) is 46.9 Å². The minimum absolute atomic E-state index is 0.147. The van der Waals surface area contributed by atoms with Crippen LogP contribution in [0, 0.1) is 17.5 Å². The third kappa shape index (κ3) is 3.59. The number of hydrogen-bond donors (Lipinski definition) is 0. The van der Waals surface area contributed by atoms with Gasteiger partial charge in [0.2, 0.25) is 0 Å². The van der Waals surface area contributed by atoms with E-state index in [1.807, 2.05) is 4.90 Å². The van der Waals surface area contributed by atoms with Gasteiger partial charge in [-0.2, -0.15) is 5.10 Å². The van der Waals surface area contributed by atoms with Gasteiger partial charge in [0, 0.05) is 24.2 Å². The second-order valence-electron chi connectivity index (χ2n) is 9.31. The molecule has 2 bridgehead atoms. The Morgan fingerprint density at radius 1 is 1.14 bits per heavy atom. The van der Waals surface area contributed by atoms with Crippen LogP contribution < -0.4 is 4.74 Å². The second-order valence-corrected chi connectivity index (χ2v) is 9.31. The van der Waals surface area contributed by atoms with Crippen LogP contribution in [0.15, 0.2) is 42.7 Å². The molecule has 4 aromatic rings. The van der Waals surface area contributed by atoms with Crippen LogP contribution in [0.25, 0.3) is 16.9 Å². The zero-order valence-corrected chi connectivity index (χ0v) is 20.2. The number of halogens is 3. The summed E-state index contributed by atoms with van der Waals surface area (Å²) in [4.78, 5) is 16.0. The Labute approximate surface area is 210 Å². The van der Waals surface area contributed by atoms with Crippen LogP contribution in [0.5, 0.6) is 5.75 Å².